The fourth-order valence-electron chi connectivity index (χ4n) is 4.67. The number of primary amides is 1. The van der Waals surface area contributed by atoms with E-state index in [1.165, 1.54) is 50.4 Å². The van der Waals surface area contributed by atoms with Crippen LogP contribution in [0.2, 0.25) is 0 Å². The Morgan fingerprint density at radius 3 is 2.45 bits per heavy atom. The van der Waals surface area contributed by atoms with Crippen molar-refractivity contribution < 1.29 is 46.5 Å². The Morgan fingerprint density at radius 2 is 1.83 bits per heavy atom. The summed E-state index contributed by atoms with van der Waals surface area (Å²) in [6, 6.07) is 9.05. The lowest BCUT2D eigenvalue weighted by atomic mass is 9.83. The van der Waals surface area contributed by atoms with Gasteiger partial charge in [-0.1, -0.05) is 13.8 Å². The molecule has 0 radical (unpaired) electrons. The molecule has 1 aliphatic rings. The Bertz CT molecular complexity index is 1540. The lowest BCUT2D eigenvalue weighted by molar-refractivity contribution is -0.270. The molecule has 3 aromatic rings. The summed E-state index contributed by atoms with van der Waals surface area (Å²) >= 11 is 0. The van der Waals surface area contributed by atoms with E-state index in [4.69, 9.17) is 19.9 Å². The lowest BCUT2D eigenvalue weighted by Crippen LogP contribution is -2.43. The van der Waals surface area contributed by atoms with E-state index in [0.717, 1.165) is 6.07 Å². The number of aliphatic hydroxyl groups is 1. The number of carbonyl (C=O) groups is 2. The molecule has 0 fully saturated rings. The molecule has 4 rings (SSSR count). The van der Waals surface area contributed by atoms with E-state index in [1.807, 2.05) is 0 Å². The highest BCUT2D eigenvalue weighted by atomic mass is 19.4. The topological polar surface area (TPSA) is 121 Å². The molecular formula is C30H30F4N2O6. The number of ether oxygens (including phenoxy) is 3. The summed E-state index contributed by atoms with van der Waals surface area (Å²) in [6.07, 6.45) is -6.95. The standard InChI is InChI=1S/C30H30F4N2O6/c1-16-11-18(5-7-20(16)31)26-27-19(28(2,3)15-42-27)13-24(36-26)29(39,30(32,33)34)10-9-21(37)17-6-8-22(23(12-17)40-4)41-14-25(35)38/h5-8,11-13,39H,9-10,14-15H2,1-4H3,(H2,35,38). The van der Waals surface area contributed by atoms with Crippen LogP contribution in [0.5, 0.6) is 17.2 Å². The van der Waals surface area contributed by atoms with Crippen molar-refractivity contribution in [1.29, 1.82) is 0 Å². The molecule has 2 heterocycles. The van der Waals surface area contributed by atoms with Crippen molar-refractivity contribution in [2.45, 2.75) is 50.8 Å². The third-order valence-corrected chi connectivity index (χ3v) is 7.17. The minimum atomic E-state index is -5.21. The van der Waals surface area contributed by atoms with Crippen molar-refractivity contribution in [3.8, 4) is 28.5 Å². The van der Waals surface area contributed by atoms with Crippen molar-refractivity contribution in [3.63, 3.8) is 0 Å². The molecule has 3 N–H and O–H groups in total. The van der Waals surface area contributed by atoms with E-state index in [9.17, 15) is 32.3 Å². The van der Waals surface area contributed by atoms with Gasteiger partial charge in [0.25, 0.3) is 5.91 Å². The van der Waals surface area contributed by atoms with Gasteiger partial charge < -0.3 is 25.1 Å². The number of carbonyl (C=O) groups excluding carboxylic acids is 2. The van der Waals surface area contributed by atoms with Crippen molar-refractivity contribution in [1.82, 2.24) is 4.98 Å². The minimum Gasteiger partial charge on any atom is -0.493 e. The average Bonchev–Trinajstić information content (AvgIpc) is 3.24. The number of aromatic nitrogens is 1. The molecule has 1 aliphatic heterocycles. The average molecular weight is 591 g/mol. The number of ketones is 1. The number of pyridine rings is 1. The molecule has 224 valence electrons. The first-order valence-corrected chi connectivity index (χ1v) is 12.9. The molecule has 1 amide bonds. The SMILES string of the molecule is COc1cc(C(=O)CCC(O)(c2cc3c(c(-c4ccc(F)c(C)c4)n2)OCC3(C)C)C(F)(F)F)ccc1OCC(N)=O. The molecule has 0 bridgehead atoms. The van der Waals surface area contributed by atoms with Crippen LogP contribution in [0.1, 0.15) is 53.9 Å². The monoisotopic (exact) mass is 590 g/mol. The quantitative estimate of drug-likeness (QED) is 0.247. The molecule has 2 aromatic carbocycles. The summed E-state index contributed by atoms with van der Waals surface area (Å²) in [6.45, 7) is 4.78. The van der Waals surface area contributed by atoms with Gasteiger partial charge in [-0.3, -0.25) is 9.59 Å². The second-order valence-electron chi connectivity index (χ2n) is 10.8. The van der Waals surface area contributed by atoms with Gasteiger partial charge in [-0.05, 0) is 61.4 Å². The molecule has 42 heavy (non-hydrogen) atoms. The zero-order chi connectivity index (χ0) is 31.0. The second-order valence-corrected chi connectivity index (χ2v) is 10.8. The van der Waals surface area contributed by atoms with Gasteiger partial charge in [0.2, 0.25) is 5.60 Å². The fourth-order valence-corrected chi connectivity index (χ4v) is 4.67. The summed E-state index contributed by atoms with van der Waals surface area (Å²) in [5.74, 6) is -1.53. The van der Waals surface area contributed by atoms with E-state index in [0.29, 0.717) is 11.1 Å². The highest BCUT2D eigenvalue weighted by Crippen LogP contribution is 2.49. The molecule has 0 saturated heterocycles. The molecule has 0 saturated carbocycles. The molecule has 1 aromatic heterocycles. The molecule has 12 heteroatoms. The molecule has 1 atom stereocenters. The zero-order valence-corrected chi connectivity index (χ0v) is 23.4. The number of alkyl halides is 3. The Balaban J connectivity index is 1.72. The number of benzene rings is 2. The largest absolute Gasteiger partial charge is 0.493 e. The van der Waals surface area contributed by atoms with Gasteiger partial charge >= 0.3 is 6.18 Å². The number of rotatable bonds is 10. The van der Waals surface area contributed by atoms with Crippen molar-refractivity contribution in [3.05, 3.63) is 70.7 Å². The number of aryl methyl sites for hydroxylation is 1. The van der Waals surface area contributed by atoms with Crippen LogP contribution in [0, 0.1) is 12.7 Å². The summed E-state index contributed by atoms with van der Waals surface area (Å²) < 4.78 is 74.0. The number of amides is 1. The van der Waals surface area contributed by atoms with Gasteiger partial charge in [0.15, 0.2) is 23.9 Å². The number of nitrogens with two attached hydrogens (primary N) is 1. The molecule has 8 nitrogen and oxygen atoms in total. The smallest absolute Gasteiger partial charge is 0.422 e. The first-order valence-electron chi connectivity index (χ1n) is 12.9. The number of nitrogens with zero attached hydrogens (tertiary/aromatic N) is 1. The molecular weight excluding hydrogens is 560 g/mol. The highest BCUT2D eigenvalue weighted by molar-refractivity contribution is 5.96. The van der Waals surface area contributed by atoms with Crippen LogP contribution in [-0.2, 0) is 15.8 Å². The summed E-state index contributed by atoms with van der Waals surface area (Å²) in [5, 5.41) is 11.2. The van der Waals surface area contributed by atoms with Crippen LogP contribution >= 0.6 is 0 Å². The van der Waals surface area contributed by atoms with Crippen molar-refractivity contribution in [2.24, 2.45) is 5.73 Å². The Hall–Kier alpha value is -4.19. The Labute approximate surface area is 239 Å². The number of halogens is 4. The third kappa shape index (κ3) is 5.89. The van der Waals surface area contributed by atoms with Crippen LogP contribution in [0.4, 0.5) is 17.6 Å². The van der Waals surface area contributed by atoms with Crippen LogP contribution in [0.15, 0.2) is 42.5 Å². The molecule has 0 aliphatic carbocycles. The predicted molar refractivity (Wildman–Crippen MR) is 144 cm³/mol. The van der Waals surface area contributed by atoms with Crippen molar-refractivity contribution >= 4 is 11.7 Å². The van der Waals surface area contributed by atoms with E-state index >= 15 is 0 Å². The maximum absolute atomic E-state index is 14.6. The Morgan fingerprint density at radius 1 is 1.12 bits per heavy atom. The van der Waals surface area contributed by atoms with Gasteiger partial charge in [0, 0.05) is 28.5 Å². The minimum absolute atomic E-state index is 0.00159. The van der Waals surface area contributed by atoms with E-state index < -0.39 is 59.8 Å². The second kappa shape index (κ2) is 11.2. The zero-order valence-electron chi connectivity index (χ0n) is 23.4. The van der Waals surface area contributed by atoms with E-state index in [2.05, 4.69) is 4.98 Å². The van der Waals surface area contributed by atoms with Gasteiger partial charge in [-0.2, -0.15) is 13.2 Å². The molecule has 0 spiro atoms. The van der Waals surface area contributed by atoms with Crippen molar-refractivity contribution in [2.75, 3.05) is 20.3 Å². The predicted octanol–water partition coefficient (Wildman–Crippen LogP) is 5.15. The number of Topliss-reactive ketones (excluding diaryl/α,β-unsaturated/α-hetero) is 1. The number of methoxy groups -OCH3 is 1. The fraction of sp³-hybridized carbons (Fsp3) is 0.367. The van der Waals surface area contributed by atoms with Crippen LogP contribution in [0.25, 0.3) is 11.3 Å². The first kappa shape index (κ1) is 30.8. The van der Waals surface area contributed by atoms with Crippen LogP contribution in [0.3, 0.4) is 0 Å². The Kier molecular flexibility index (Phi) is 8.23. The maximum atomic E-state index is 14.6. The summed E-state index contributed by atoms with van der Waals surface area (Å²) in [4.78, 5) is 28.2. The first-order chi connectivity index (χ1) is 19.6. The van der Waals surface area contributed by atoms with Gasteiger partial charge in [-0.25, -0.2) is 9.37 Å². The van der Waals surface area contributed by atoms with Gasteiger partial charge in [0.1, 0.15) is 17.3 Å². The third-order valence-electron chi connectivity index (χ3n) is 7.17. The highest BCUT2D eigenvalue weighted by Gasteiger charge is 2.56. The van der Waals surface area contributed by atoms with Crippen LogP contribution in [-0.4, -0.2) is 48.3 Å². The molecule has 1 unspecified atom stereocenters. The summed E-state index contributed by atoms with van der Waals surface area (Å²) in [5.41, 5.74) is 1.15. The number of hydrogen-bond donors (Lipinski definition) is 2. The normalized spacial score (nSPS) is 15.4. The summed E-state index contributed by atoms with van der Waals surface area (Å²) in [7, 11) is 1.29. The van der Waals surface area contributed by atoms with Gasteiger partial charge in [0.05, 0.1) is 19.4 Å². The lowest BCUT2D eigenvalue weighted by Gasteiger charge is -2.31. The van der Waals surface area contributed by atoms with Crippen LogP contribution < -0.4 is 19.9 Å². The number of fused-ring (bicyclic) bond motifs is 1. The van der Waals surface area contributed by atoms with E-state index in [-0.39, 0.29) is 40.7 Å². The maximum Gasteiger partial charge on any atom is 0.422 e. The van der Waals surface area contributed by atoms with E-state index in [1.54, 1.807) is 13.8 Å². The number of hydrogen-bond acceptors (Lipinski definition) is 7. The van der Waals surface area contributed by atoms with Gasteiger partial charge in [-0.15, -0.1) is 0 Å².